The lowest BCUT2D eigenvalue weighted by molar-refractivity contribution is -0.119. The molecule has 2 rings (SSSR count). The van der Waals surface area contributed by atoms with Crippen molar-refractivity contribution in [2.75, 3.05) is 24.4 Å². The molecule has 1 heterocycles. The number of nitrogens with one attached hydrogen (secondary N) is 3. The molecule has 0 atom stereocenters. The van der Waals surface area contributed by atoms with Crippen LogP contribution in [-0.2, 0) is 16.1 Å². The lowest BCUT2D eigenvalue weighted by Crippen LogP contribution is -2.27. The van der Waals surface area contributed by atoms with Crippen LogP contribution in [0.4, 0.5) is 16.2 Å². The van der Waals surface area contributed by atoms with Crippen molar-refractivity contribution < 1.29 is 18.7 Å². The maximum atomic E-state index is 11.7. The van der Waals surface area contributed by atoms with E-state index in [2.05, 4.69) is 16.0 Å². The van der Waals surface area contributed by atoms with E-state index < -0.39 is 0 Å². The quantitative estimate of drug-likeness (QED) is 0.762. The summed E-state index contributed by atoms with van der Waals surface area (Å²) in [7, 11) is 1.45. The van der Waals surface area contributed by atoms with Crippen LogP contribution in [-0.4, -0.2) is 25.7 Å². The molecule has 3 amide bonds. The monoisotopic (exact) mass is 303 g/mol. The summed E-state index contributed by atoms with van der Waals surface area (Å²) in [5.41, 5.74) is 1.24. The number of hydrogen-bond acceptors (Lipinski definition) is 4. The van der Waals surface area contributed by atoms with Crippen molar-refractivity contribution in [3.05, 3.63) is 48.4 Å². The summed E-state index contributed by atoms with van der Waals surface area (Å²) in [5, 5.41) is 8.01. The summed E-state index contributed by atoms with van der Waals surface area (Å²) in [6.45, 7) is 0.305. The topological polar surface area (TPSA) is 92.6 Å². The van der Waals surface area contributed by atoms with E-state index in [1.165, 1.54) is 7.11 Å². The van der Waals surface area contributed by atoms with Crippen LogP contribution in [0.1, 0.15) is 5.76 Å². The maximum absolute atomic E-state index is 11.7. The molecule has 0 aliphatic carbocycles. The van der Waals surface area contributed by atoms with Gasteiger partial charge < -0.3 is 25.1 Å². The maximum Gasteiger partial charge on any atom is 0.319 e. The molecule has 0 bridgehead atoms. The van der Waals surface area contributed by atoms with Gasteiger partial charge in [-0.1, -0.05) is 0 Å². The minimum Gasteiger partial charge on any atom is -0.467 e. The van der Waals surface area contributed by atoms with Crippen molar-refractivity contribution in [1.82, 2.24) is 5.32 Å². The summed E-state index contributed by atoms with van der Waals surface area (Å²) in [5.74, 6) is 0.436. The highest BCUT2D eigenvalue weighted by molar-refractivity contribution is 5.93. The first-order chi connectivity index (χ1) is 10.7. The number of methoxy groups -OCH3 is 1. The Morgan fingerprint density at radius 1 is 1.09 bits per heavy atom. The Kier molecular flexibility index (Phi) is 5.56. The molecule has 0 aliphatic rings. The van der Waals surface area contributed by atoms with Crippen molar-refractivity contribution in [2.24, 2.45) is 0 Å². The van der Waals surface area contributed by atoms with Crippen LogP contribution < -0.4 is 16.0 Å². The number of amides is 3. The average Bonchev–Trinajstić information content (AvgIpc) is 3.01. The van der Waals surface area contributed by atoms with Gasteiger partial charge in [-0.25, -0.2) is 4.79 Å². The number of furan rings is 1. The second-order valence-electron chi connectivity index (χ2n) is 4.45. The molecule has 0 spiro atoms. The highest BCUT2D eigenvalue weighted by atomic mass is 16.5. The Balaban J connectivity index is 1.80. The molecular formula is C15H17N3O4. The fourth-order valence-electron chi connectivity index (χ4n) is 1.72. The van der Waals surface area contributed by atoms with Crippen molar-refractivity contribution in [1.29, 1.82) is 0 Å². The fraction of sp³-hybridized carbons (Fsp3) is 0.200. The molecule has 0 fully saturated rings. The minimum absolute atomic E-state index is 0.00478. The fourth-order valence-corrected chi connectivity index (χ4v) is 1.72. The molecular weight excluding hydrogens is 286 g/mol. The van der Waals surface area contributed by atoms with Gasteiger partial charge in [-0.15, -0.1) is 0 Å². The van der Waals surface area contributed by atoms with Gasteiger partial charge in [-0.2, -0.15) is 0 Å². The molecule has 7 heteroatoms. The lowest BCUT2D eigenvalue weighted by atomic mass is 10.3. The number of hydrogen-bond donors (Lipinski definition) is 3. The molecule has 0 saturated heterocycles. The zero-order valence-corrected chi connectivity index (χ0v) is 12.1. The highest BCUT2D eigenvalue weighted by Crippen LogP contribution is 2.13. The normalized spacial score (nSPS) is 10.0. The van der Waals surface area contributed by atoms with Gasteiger partial charge in [-0.3, -0.25) is 4.79 Å². The second kappa shape index (κ2) is 7.84. The predicted molar refractivity (Wildman–Crippen MR) is 81.5 cm³/mol. The summed E-state index contributed by atoms with van der Waals surface area (Å²) in [6.07, 6.45) is 1.55. The first-order valence-electron chi connectivity index (χ1n) is 6.63. The van der Waals surface area contributed by atoms with Crippen molar-refractivity contribution >= 4 is 23.3 Å². The Hall–Kier alpha value is -2.80. The zero-order valence-electron chi connectivity index (χ0n) is 12.1. The molecule has 0 aliphatic heterocycles. The van der Waals surface area contributed by atoms with E-state index in [1.54, 1.807) is 42.7 Å². The first-order valence-corrected chi connectivity index (χ1v) is 6.63. The standard InChI is InChI=1S/C15H17N3O4/c1-21-10-14(19)17-11-4-6-12(7-5-11)18-15(20)16-9-13-3-2-8-22-13/h2-8H,9-10H2,1H3,(H,17,19)(H2,16,18,20). The number of benzene rings is 1. The largest absolute Gasteiger partial charge is 0.467 e. The van der Waals surface area contributed by atoms with Gasteiger partial charge in [0.25, 0.3) is 0 Å². The van der Waals surface area contributed by atoms with Gasteiger partial charge in [0, 0.05) is 18.5 Å². The Bertz CT molecular complexity index is 608. The molecule has 3 N–H and O–H groups in total. The van der Waals surface area contributed by atoms with Gasteiger partial charge in [-0.05, 0) is 36.4 Å². The number of carbonyl (C=O) groups is 2. The van der Waals surface area contributed by atoms with E-state index in [0.29, 0.717) is 23.7 Å². The van der Waals surface area contributed by atoms with Gasteiger partial charge in [0.2, 0.25) is 5.91 Å². The number of carbonyl (C=O) groups excluding carboxylic acids is 2. The SMILES string of the molecule is COCC(=O)Nc1ccc(NC(=O)NCc2ccco2)cc1. The van der Waals surface area contributed by atoms with Crippen LogP contribution in [0, 0.1) is 0 Å². The first kappa shape index (κ1) is 15.6. The zero-order chi connectivity index (χ0) is 15.8. The van der Waals surface area contributed by atoms with Crippen LogP contribution in [0.5, 0.6) is 0 Å². The average molecular weight is 303 g/mol. The minimum atomic E-state index is -0.340. The number of anilines is 2. The molecule has 1 aromatic carbocycles. The van der Waals surface area contributed by atoms with E-state index in [1.807, 2.05) is 0 Å². The molecule has 1 aromatic heterocycles. The highest BCUT2D eigenvalue weighted by Gasteiger charge is 2.04. The molecule has 0 radical (unpaired) electrons. The smallest absolute Gasteiger partial charge is 0.319 e. The molecule has 0 saturated carbocycles. The Labute approximate surface area is 127 Å². The summed E-state index contributed by atoms with van der Waals surface area (Å²) in [6, 6.07) is 9.95. The summed E-state index contributed by atoms with van der Waals surface area (Å²) >= 11 is 0. The van der Waals surface area contributed by atoms with Gasteiger partial charge in [0.15, 0.2) is 0 Å². The van der Waals surface area contributed by atoms with E-state index in [0.717, 1.165) is 0 Å². The second-order valence-corrected chi connectivity index (χ2v) is 4.45. The van der Waals surface area contributed by atoms with Crippen LogP contribution in [0.3, 0.4) is 0 Å². The molecule has 2 aromatic rings. The third kappa shape index (κ3) is 4.95. The van der Waals surface area contributed by atoms with Gasteiger partial charge >= 0.3 is 6.03 Å². The van der Waals surface area contributed by atoms with Crippen molar-refractivity contribution in [3.63, 3.8) is 0 Å². The van der Waals surface area contributed by atoms with Crippen molar-refractivity contribution in [3.8, 4) is 0 Å². The van der Waals surface area contributed by atoms with Crippen LogP contribution >= 0.6 is 0 Å². The predicted octanol–water partition coefficient (Wildman–Crippen LogP) is 2.19. The molecule has 0 unspecified atom stereocenters. The number of ether oxygens (including phenoxy) is 1. The van der Waals surface area contributed by atoms with E-state index >= 15 is 0 Å². The van der Waals surface area contributed by atoms with E-state index in [-0.39, 0.29) is 18.5 Å². The van der Waals surface area contributed by atoms with Crippen LogP contribution in [0.15, 0.2) is 47.1 Å². The molecule has 22 heavy (non-hydrogen) atoms. The third-order valence-corrected chi connectivity index (χ3v) is 2.71. The Morgan fingerprint density at radius 3 is 2.36 bits per heavy atom. The summed E-state index contributed by atoms with van der Waals surface area (Å²) in [4.78, 5) is 23.1. The van der Waals surface area contributed by atoms with Crippen LogP contribution in [0.25, 0.3) is 0 Å². The van der Waals surface area contributed by atoms with E-state index in [9.17, 15) is 9.59 Å². The number of urea groups is 1. The van der Waals surface area contributed by atoms with Gasteiger partial charge in [0.1, 0.15) is 12.4 Å². The van der Waals surface area contributed by atoms with Crippen molar-refractivity contribution in [2.45, 2.75) is 6.54 Å². The Morgan fingerprint density at radius 2 is 1.77 bits per heavy atom. The van der Waals surface area contributed by atoms with Gasteiger partial charge in [0.05, 0.1) is 12.8 Å². The van der Waals surface area contributed by atoms with Crippen LogP contribution in [0.2, 0.25) is 0 Å². The third-order valence-electron chi connectivity index (χ3n) is 2.71. The number of rotatable bonds is 6. The molecule has 7 nitrogen and oxygen atoms in total. The molecule has 116 valence electrons. The lowest BCUT2D eigenvalue weighted by Gasteiger charge is -2.08. The summed E-state index contributed by atoms with van der Waals surface area (Å²) < 4.78 is 9.84. The van der Waals surface area contributed by atoms with E-state index in [4.69, 9.17) is 9.15 Å².